The molecule has 0 saturated carbocycles. The monoisotopic (exact) mass is 262 g/mol. The van der Waals surface area contributed by atoms with Crippen molar-refractivity contribution in [1.29, 1.82) is 0 Å². The summed E-state index contributed by atoms with van der Waals surface area (Å²) < 4.78 is 0. The Labute approximate surface area is 109 Å². The van der Waals surface area contributed by atoms with Crippen molar-refractivity contribution in [2.24, 2.45) is 0 Å². The van der Waals surface area contributed by atoms with Crippen LogP contribution in [0.15, 0.2) is 30.4 Å². The van der Waals surface area contributed by atoms with Crippen LogP contribution in [0.1, 0.15) is 29.6 Å². The Morgan fingerprint density at radius 3 is 2.84 bits per heavy atom. The van der Waals surface area contributed by atoms with E-state index in [0.29, 0.717) is 0 Å². The highest BCUT2D eigenvalue weighted by Crippen LogP contribution is 2.29. The molecular weight excluding hydrogens is 248 g/mol. The molecule has 0 heterocycles. The number of benzene rings is 1. The third-order valence-corrected chi connectivity index (χ3v) is 3.06. The maximum Gasteiger partial charge on any atom is 0.311 e. The first kappa shape index (κ1) is 13.1. The smallest absolute Gasteiger partial charge is 0.311 e. The number of para-hydroxylation sites is 1. The van der Waals surface area contributed by atoms with E-state index < -0.39 is 22.3 Å². The second kappa shape index (κ2) is 5.51. The number of phenols is 1. The van der Waals surface area contributed by atoms with E-state index in [1.54, 1.807) is 0 Å². The molecule has 2 N–H and O–H groups in total. The van der Waals surface area contributed by atoms with Crippen molar-refractivity contribution < 1.29 is 14.8 Å². The Hall–Kier alpha value is -2.37. The molecule has 1 amide bonds. The van der Waals surface area contributed by atoms with E-state index in [1.165, 1.54) is 12.1 Å². The quantitative estimate of drug-likeness (QED) is 0.496. The van der Waals surface area contributed by atoms with Crippen molar-refractivity contribution in [1.82, 2.24) is 5.32 Å². The average Bonchev–Trinajstić information content (AvgIpc) is 2.39. The molecule has 1 aromatic carbocycles. The minimum atomic E-state index is -0.713. The molecule has 1 atom stereocenters. The summed E-state index contributed by atoms with van der Waals surface area (Å²) in [4.78, 5) is 22.0. The van der Waals surface area contributed by atoms with Gasteiger partial charge >= 0.3 is 5.69 Å². The van der Waals surface area contributed by atoms with Gasteiger partial charge in [0.25, 0.3) is 5.91 Å². The number of nitro groups is 1. The molecule has 1 aliphatic rings. The molecule has 0 bridgehead atoms. The lowest BCUT2D eigenvalue weighted by Crippen LogP contribution is -2.35. The van der Waals surface area contributed by atoms with E-state index in [9.17, 15) is 20.0 Å². The molecule has 0 spiro atoms. The van der Waals surface area contributed by atoms with Gasteiger partial charge < -0.3 is 10.4 Å². The van der Waals surface area contributed by atoms with Gasteiger partial charge in [-0.1, -0.05) is 18.2 Å². The van der Waals surface area contributed by atoms with Gasteiger partial charge in [0.1, 0.15) is 0 Å². The lowest BCUT2D eigenvalue weighted by atomic mass is 10.0. The standard InChI is InChI=1S/C13H14N2O4/c16-12-10(7-4-8-11(12)15(18)19)13(17)14-9-5-2-1-3-6-9/h1-2,4,7-9,16H,3,5-6H2,(H,14,17). The minimum absolute atomic E-state index is 0.0103. The second-order valence-electron chi connectivity index (χ2n) is 4.39. The number of aromatic hydroxyl groups is 1. The molecule has 6 nitrogen and oxygen atoms in total. The van der Waals surface area contributed by atoms with E-state index in [2.05, 4.69) is 5.32 Å². The molecule has 0 fully saturated rings. The number of carbonyl (C=O) groups excluding carboxylic acids is 1. The van der Waals surface area contributed by atoms with Gasteiger partial charge in [-0.05, 0) is 25.3 Å². The Morgan fingerprint density at radius 1 is 1.42 bits per heavy atom. The van der Waals surface area contributed by atoms with Crippen LogP contribution in [0.25, 0.3) is 0 Å². The van der Waals surface area contributed by atoms with Crippen LogP contribution in [-0.2, 0) is 0 Å². The third-order valence-electron chi connectivity index (χ3n) is 3.06. The maximum absolute atomic E-state index is 12.0. The predicted molar refractivity (Wildman–Crippen MR) is 69.0 cm³/mol. The molecular formula is C13H14N2O4. The highest BCUT2D eigenvalue weighted by Gasteiger charge is 2.22. The van der Waals surface area contributed by atoms with Crippen molar-refractivity contribution in [3.05, 3.63) is 46.0 Å². The van der Waals surface area contributed by atoms with E-state index in [4.69, 9.17) is 0 Å². The lowest BCUT2D eigenvalue weighted by Gasteiger charge is -2.19. The van der Waals surface area contributed by atoms with Crippen LogP contribution in [0.5, 0.6) is 5.75 Å². The van der Waals surface area contributed by atoms with Crippen LogP contribution in [0.2, 0.25) is 0 Å². The predicted octanol–water partition coefficient (Wildman–Crippen LogP) is 2.14. The fourth-order valence-electron chi connectivity index (χ4n) is 2.05. The van der Waals surface area contributed by atoms with Crippen molar-refractivity contribution in [3.8, 4) is 5.75 Å². The van der Waals surface area contributed by atoms with Gasteiger partial charge in [-0.3, -0.25) is 14.9 Å². The van der Waals surface area contributed by atoms with Gasteiger partial charge in [-0.15, -0.1) is 0 Å². The van der Waals surface area contributed by atoms with Crippen molar-refractivity contribution in [2.75, 3.05) is 0 Å². The second-order valence-corrected chi connectivity index (χ2v) is 4.39. The molecule has 1 aromatic rings. The number of hydrogen-bond acceptors (Lipinski definition) is 4. The van der Waals surface area contributed by atoms with Crippen LogP contribution in [0.4, 0.5) is 5.69 Å². The van der Waals surface area contributed by atoms with Crippen LogP contribution in [0.3, 0.4) is 0 Å². The zero-order valence-corrected chi connectivity index (χ0v) is 10.2. The number of nitrogens with one attached hydrogen (secondary N) is 1. The fraction of sp³-hybridized carbons (Fsp3) is 0.308. The molecule has 1 unspecified atom stereocenters. The maximum atomic E-state index is 12.0. The van der Waals surface area contributed by atoms with Gasteiger partial charge in [0.2, 0.25) is 5.75 Å². The third kappa shape index (κ3) is 2.90. The normalized spacial score (nSPS) is 18.0. The number of rotatable bonds is 3. The van der Waals surface area contributed by atoms with Crippen LogP contribution in [-0.4, -0.2) is 22.0 Å². The summed E-state index contributed by atoms with van der Waals surface area (Å²) in [5.41, 5.74) is -0.528. The van der Waals surface area contributed by atoms with Crippen LogP contribution < -0.4 is 5.32 Å². The lowest BCUT2D eigenvalue weighted by molar-refractivity contribution is -0.385. The molecule has 0 radical (unpaired) electrons. The summed E-state index contributed by atoms with van der Waals surface area (Å²) in [6.45, 7) is 0. The number of phenolic OH excluding ortho intramolecular Hbond substituents is 1. The molecule has 0 aromatic heterocycles. The summed E-state index contributed by atoms with van der Waals surface area (Å²) >= 11 is 0. The van der Waals surface area contributed by atoms with Gasteiger partial charge in [-0.2, -0.15) is 0 Å². The first-order valence-corrected chi connectivity index (χ1v) is 6.02. The molecule has 19 heavy (non-hydrogen) atoms. The molecule has 0 aliphatic heterocycles. The van der Waals surface area contributed by atoms with E-state index in [1.807, 2.05) is 12.2 Å². The van der Waals surface area contributed by atoms with Gasteiger partial charge in [-0.25, -0.2) is 0 Å². The number of carbonyl (C=O) groups is 1. The number of allylic oxidation sites excluding steroid dienone is 1. The Bertz CT molecular complexity index is 539. The van der Waals surface area contributed by atoms with E-state index in [0.717, 1.165) is 25.3 Å². The average molecular weight is 262 g/mol. The van der Waals surface area contributed by atoms with Gasteiger partial charge in [0.05, 0.1) is 10.5 Å². The zero-order valence-electron chi connectivity index (χ0n) is 10.2. The Balaban J connectivity index is 2.17. The van der Waals surface area contributed by atoms with E-state index >= 15 is 0 Å². The first-order chi connectivity index (χ1) is 9.09. The molecule has 100 valence electrons. The van der Waals surface area contributed by atoms with Crippen molar-refractivity contribution in [2.45, 2.75) is 25.3 Å². The summed E-state index contributed by atoms with van der Waals surface area (Å²) in [7, 11) is 0. The Morgan fingerprint density at radius 2 is 2.21 bits per heavy atom. The molecule has 6 heteroatoms. The topological polar surface area (TPSA) is 92.5 Å². The molecule has 2 rings (SSSR count). The molecule has 0 saturated heterocycles. The van der Waals surface area contributed by atoms with Crippen LogP contribution >= 0.6 is 0 Å². The number of nitrogens with zero attached hydrogens (tertiary/aromatic N) is 1. The molecule has 1 aliphatic carbocycles. The largest absolute Gasteiger partial charge is 0.502 e. The van der Waals surface area contributed by atoms with Crippen molar-refractivity contribution in [3.63, 3.8) is 0 Å². The van der Waals surface area contributed by atoms with Gasteiger partial charge in [0, 0.05) is 12.1 Å². The number of amides is 1. The number of nitro benzene ring substituents is 1. The van der Waals surface area contributed by atoms with Gasteiger partial charge in [0.15, 0.2) is 0 Å². The SMILES string of the molecule is O=C(NC1CC=CCC1)c1cccc([N+](=O)[O-])c1O. The minimum Gasteiger partial charge on any atom is -0.502 e. The van der Waals surface area contributed by atoms with E-state index in [-0.39, 0.29) is 11.6 Å². The number of hydrogen-bond donors (Lipinski definition) is 2. The highest BCUT2D eigenvalue weighted by atomic mass is 16.6. The zero-order chi connectivity index (χ0) is 13.8. The summed E-state index contributed by atoms with van der Waals surface area (Å²) in [5, 5.41) is 23.2. The Kier molecular flexibility index (Phi) is 3.79. The first-order valence-electron chi connectivity index (χ1n) is 6.02. The summed E-state index contributed by atoms with van der Waals surface area (Å²) in [6, 6.07) is 3.93. The van der Waals surface area contributed by atoms with Crippen molar-refractivity contribution >= 4 is 11.6 Å². The summed E-state index contributed by atoms with van der Waals surface area (Å²) in [5.74, 6) is -1.07. The summed E-state index contributed by atoms with van der Waals surface area (Å²) in [6.07, 6.45) is 6.50. The van der Waals surface area contributed by atoms with Crippen LogP contribution in [0, 0.1) is 10.1 Å². The fourth-order valence-corrected chi connectivity index (χ4v) is 2.05. The highest BCUT2D eigenvalue weighted by molar-refractivity contribution is 5.98.